The van der Waals surface area contributed by atoms with Crippen molar-refractivity contribution < 1.29 is 14.0 Å². The lowest BCUT2D eigenvalue weighted by molar-refractivity contribution is -0.128. The normalized spacial score (nSPS) is 11.8. The zero-order chi connectivity index (χ0) is 25.8. The molecule has 0 bridgehead atoms. The number of aromatic nitrogens is 1. The Labute approximate surface area is 223 Å². The van der Waals surface area contributed by atoms with Gasteiger partial charge in [0, 0.05) is 34.8 Å². The molecule has 3 aromatic carbocycles. The van der Waals surface area contributed by atoms with Crippen molar-refractivity contribution >= 4 is 45.7 Å². The van der Waals surface area contributed by atoms with Gasteiger partial charge in [0.25, 0.3) is 0 Å². The van der Waals surface area contributed by atoms with Crippen LogP contribution >= 0.6 is 22.9 Å². The molecule has 2 N–H and O–H groups in total. The van der Waals surface area contributed by atoms with Crippen LogP contribution in [0.4, 0.5) is 0 Å². The second-order valence-corrected chi connectivity index (χ2v) is 9.90. The SMILES string of the molecule is CNC(=O)[C@@H](Cc1ccc(-c2cccc3occc23)cc1)NC(=O)Cc1csc(-c2ccc(Cl)cc2)n1. The summed E-state index contributed by atoms with van der Waals surface area (Å²) >= 11 is 7.43. The number of nitrogens with one attached hydrogen (secondary N) is 2. The van der Waals surface area contributed by atoms with E-state index in [2.05, 4.69) is 21.7 Å². The predicted molar refractivity (Wildman–Crippen MR) is 148 cm³/mol. The van der Waals surface area contributed by atoms with E-state index in [0.29, 0.717) is 17.1 Å². The Balaban J connectivity index is 1.25. The van der Waals surface area contributed by atoms with Gasteiger partial charge in [0.2, 0.25) is 11.8 Å². The number of amides is 2. The molecule has 0 saturated carbocycles. The molecule has 5 aromatic rings. The van der Waals surface area contributed by atoms with Crippen LogP contribution in [0.25, 0.3) is 32.7 Å². The summed E-state index contributed by atoms with van der Waals surface area (Å²) in [6.07, 6.45) is 2.14. The first kappa shape index (κ1) is 24.7. The molecule has 0 aliphatic carbocycles. The molecule has 2 aromatic heterocycles. The summed E-state index contributed by atoms with van der Waals surface area (Å²) in [5.41, 5.74) is 5.50. The Morgan fingerprint density at radius 3 is 2.51 bits per heavy atom. The van der Waals surface area contributed by atoms with Crippen molar-refractivity contribution in [2.45, 2.75) is 18.9 Å². The highest BCUT2D eigenvalue weighted by Gasteiger charge is 2.21. The van der Waals surface area contributed by atoms with Crippen molar-refractivity contribution in [1.82, 2.24) is 15.6 Å². The van der Waals surface area contributed by atoms with Crippen molar-refractivity contribution in [2.24, 2.45) is 0 Å². The Kier molecular flexibility index (Phi) is 7.35. The number of nitrogens with zero attached hydrogens (tertiary/aromatic N) is 1. The van der Waals surface area contributed by atoms with Gasteiger partial charge in [-0.15, -0.1) is 11.3 Å². The van der Waals surface area contributed by atoms with Crippen LogP contribution in [0.2, 0.25) is 5.02 Å². The number of furan rings is 1. The summed E-state index contributed by atoms with van der Waals surface area (Å²) in [6.45, 7) is 0. The molecule has 0 spiro atoms. The highest BCUT2D eigenvalue weighted by atomic mass is 35.5. The average Bonchev–Trinajstić information content (AvgIpc) is 3.58. The van der Waals surface area contributed by atoms with Crippen molar-refractivity contribution in [3.05, 3.63) is 101 Å². The van der Waals surface area contributed by atoms with E-state index in [1.165, 1.54) is 11.3 Å². The summed E-state index contributed by atoms with van der Waals surface area (Å²) in [5.74, 6) is -0.509. The van der Waals surface area contributed by atoms with Crippen LogP contribution in [0.3, 0.4) is 0 Å². The standard InChI is InChI=1S/C29H24ClN3O3S/c1-31-28(35)25(33-27(34)16-22-17-37-29(32-22)20-9-11-21(30)12-10-20)15-18-5-7-19(8-6-18)23-3-2-4-26-24(23)13-14-36-26/h2-14,17,25H,15-16H2,1H3,(H,31,35)(H,33,34)/t25-/m1/s1. The molecule has 0 unspecified atom stereocenters. The lowest BCUT2D eigenvalue weighted by Gasteiger charge is -2.17. The molecule has 0 aliphatic rings. The van der Waals surface area contributed by atoms with Gasteiger partial charge in [0.05, 0.1) is 18.4 Å². The maximum Gasteiger partial charge on any atom is 0.242 e. The number of benzene rings is 3. The van der Waals surface area contributed by atoms with E-state index in [1.807, 2.05) is 72.1 Å². The third-order valence-electron chi connectivity index (χ3n) is 6.08. The fourth-order valence-corrected chi connectivity index (χ4v) is 5.16. The minimum absolute atomic E-state index is 0.0885. The number of carbonyl (C=O) groups excluding carboxylic acids is 2. The molecule has 1 atom stereocenters. The van der Waals surface area contributed by atoms with Gasteiger partial charge >= 0.3 is 0 Å². The average molecular weight is 530 g/mol. The number of fused-ring (bicyclic) bond motifs is 1. The third-order valence-corrected chi connectivity index (χ3v) is 7.28. The quantitative estimate of drug-likeness (QED) is 0.262. The highest BCUT2D eigenvalue weighted by molar-refractivity contribution is 7.13. The zero-order valence-electron chi connectivity index (χ0n) is 20.0. The van der Waals surface area contributed by atoms with Gasteiger partial charge in [-0.1, -0.05) is 60.1 Å². The lowest BCUT2D eigenvalue weighted by atomic mass is 9.98. The molecular formula is C29H24ClN3O3S. The van der Waals surface area contributed by atoms with E-state index in [4.69, 9.17) is 16.0 Å². The first-order valence-corrected chi connectivity index (χ1v) is 13.0. The van der Waals surface area contributed by atoms with Gasteiger partial charge in [-0.3, -0.25) is 9.59 Å². The highest BCUT2D eigenvalue weighted by Crippen LogP contribution is 2.30. The minimum atomic E-state index is -0.699. The van der Waals surface area contributed by atoms with Crippen LogP contribution in [0.15, 0.2) is 88.9 Å². The van der Waals surface area contributed by atoms with E-state index < -0.39 is 6.04 Å². The van der Waals surface area contributed by atoms with Gasteiger partial charge in [0.15, 0.2) is 0 Å². The monoisotopic (exact) mass is 529 g/mol. The van der Waals surface area contributed by atoms with Crippen LogP contribution < -0.4 is 10.6 Å². The Bertz CT molecular complexity index is 1540. The number of thiazole rings is 1. The molecule has 8 heteroatoms. The maximum absolute atomic E-state index is 12.8. The molecule has 5 rings (SSSR count). The summed E-state index contributed by atoms with van der Waals surface area (Å²) in [5, 5.41) is 9.90. The third kappa shape index (κ3) is 5.74. The van der Waals surface area contributed by atoms with Crippen molar-refractivity contribution in [3.8, 4) is 21.7 Å². The maximum atomic E-state index is 12.8. The number of likely N-dealkylation sites (N-methyl/N-ethyl adjacent to an activating group) is 1. The Morgan fingerprint density at radius 1 is 1.00 bits per heavy atom. The Hall–Kier alpha value is -3.94. The second-order valence-electron chi connectivity index (χ2n) is 8.60. The van der Waals surface area contributed by atoms with E-state index >= 15 is 0 Å². The minimum Gasteiger partial charge on any atom is -0.464 e. The number of hydrogen-bond acceptors (Lipinski definition) is 5. The fraction of sp³-hybridized carbons (Fsp3) is 0.138. The molecule has 6 nitrogen and oxygen atoms in total. The van der Waals surface area contributed by atoms with Gasteiger partial charge < -0.3 is 15.1 Å². The van der Waals surface area contributed by atoms with Crippen LogP contribution in [-0.2, 0) is 22.4 Å². The molecule has 0 aliphatic heterocycles. The van der Waals surface area contributed by atoms with Crippen molar-refractivity contribution in [2.75, 3.05) is 7.05 Å². The summed E-state index contributed by atoms with van der Waals surface area (Å²) in [4.78, 5) is 29.9. The summed E-state index contributed by atoms with van der Waals surface area (Å²) in [7, 11) is 1.56. The van der Waals surface area contributed by atoms with E-state index in [1.54, 1.807) is 13.3 Å². The summed E-state index contributed by atoms with van der Waals surface area (Å²) in [6, 6.07) is 22.6. The lowest BCUT2D eigenvalue weighted by Crippen LogP contribution is -2.47. The molecule has 186 valence electrons. The summed E-state index contributed by atoms with van der Waals surface area (Å²) < 4.78 is 5.51. The first-order valence-electron chi connectivity index (χ1n) is 11.8. The number of rotatable bonds is 8. The van der Waals surface area contributed by atoms with Crippen LogP contribution in [0.1, 0.15) is 11.3 Å². The smallest absolute Gasteiger partial charge is 0.242 e. The molecule has 2 heterocycles. The second kappa shape index (κ2) is 11.0. The van der Waals surface area contributed by atoms with Gasteiger partial charge in [-0.05, 0) is 41.0 Å². The largest absolute Gasteiger partial charge is 0.464 e. The zero-order valence-corrected chi connectivity index (χ0v) is 21.6. The molecular weight excluding hydrogens is 506 g/mol. The van der Waals surface area contributed by atoms with Crippen LogP contribution in [0, 0.1) is 0 Å². The van der Waals surface area contributed by atoms with Crippen LogP contribution in [0.5, 0.6) is 0 Å². The van der Waals surface area contributed by atoms with E-state index in [0.717, 1.165) is 38.2 Å². The van der Waals surface area contributed by atoms with E-state index in [9.17, 15) is 9.59 Å². The predicted octanol–water partition coefficient (Wildman–Crippen LogP) is 5.89. The van der Waals surface area contributed by atoms with Crippen molar-refractivity contribution in [3.63, 3.8) is 0 Å². The molecule has 2 amide bonds. The van der Waals surface area contributed by atoms with Gasteiger partial charge in [-0.2, -0.15) is 0 Å². The molecule has 0 fully saturated rings. The number of hydrogen-bond donors (Lipinski definition) is 2. The molecule has 37 heavy (non-hydrogen) atoms. The topological polar surface area (TPSA) is 84.2 Å². The van der Waals surface area contributed by atoms with Crippen molar-refractivity contribution in [1.29, 1.82) is 0 Å². The number of halogens is 1. The molecule has 0 saturated heterocycles. The molecule has 0 radical (unpaired) electrons. The van der Waals surface area contributed by atoms with Gasteiger partial charge in [0.1, 0.15) is 16.6 Å². The first-order chi connectivity index (χ1) is 18.0. The number of carbonyl (C=O) groups is 2. The van der Waals surface area contributed by atoms with Crippen LogP contribution in [-0.4, -0.2) is 29.9 Å². The fourth-order valence-electron chi connectivity index (χ4n) is 4.21. The van der Waals surface area contributed by atoms with Gasteiger partial charge in [-0.25, -0.2) is 4.98 Å². The van der Waals surface area contributed by atoms with E-state index in [-0.39, 0.29) is 18.2 Å². The Morgan fingerprint density at radius 2 is 1.76 bits per heavy atom.